The second-order valence-corrected chi connectivity index (χ2v) is 9.41. The van der Waals surface area contributed by atoms with Gasteiger partial charge in [0.2, 0.25) is 0 Å². The molecule has 0 radical (unpaired) electrons. The topological polar surface area (TPSA) is 106 Å². The van der Waals surface area contributed by atoms with Gasteiger partial charge in [-0.25, -0.2) is 14.2 Å². The summed E-state index contributed by atoms with van der Waals surface area (Å²) in [6.07, 6.45) is 1.42. The van der Waals surface area contributed by atoms with Crippen LogP contribution in [0, 0.1) is 19.7 Å². The number of ether oxygens (including phenoxy) is 2. The number of aromatic nitrogens is 1. The van der Waals surface area contributed by atoms with E-state index in [4.69, 9.17) is 9.47 Å². The fraction of sp³-hybridized carbons (Fsp3) is 0.214. The molecule has 2 heterocycles. The highest BCUT2D eigenvalue weighted by Crippen LogP contribution is 2.44. The fourth-order valence-corrected chi connectivity index (χ4v) is 5.12. The van der Waals surface area contributed by atoms with Crippen LogP contribution in [0.5, 0.6) is 5.75 Å². The number of aryl methyl sites for hydroxylation is 2. The smallest absolute Gasteiger partial charge is 0.350 e. The number of hydrogen-bond acceptors (Lipinski definition) is 8. The van der Waals surface area contributed by atoms with Crippen LogP contribution in [0.3, 0.4) is 0 Å². The van der Waals surface area contributed by atoms with Gasteiger partial charge >= 0.3 is 11.9 Å². The lowest BCUT2D eigenvalue weighted by Gasteiger charge is -2.23. The number of aliphatic hydroxyl groups is 1. The molecule has 1 aromatic heterocycles. The number of benzene rings is 2. The predicted octanol–water partition coefficient (Wildman–Crippen LogP) is 5.27. The van der Waals surface area contributed by atoms with Crippen LogP contribution in [0.2, 0.25) is 0 Å². The van der Waals surface area contributed by atoms with Crippen molar-refractivity contribution in [3.05, 3.63) is 93.8 Å². The summed E-state index contributed by atoms with van der Waals surface area (Å²) in [6.45, 7) is 9.19. The molecule has 0 spiro atoms. The van der Waals surface area contributed by atoms with Crippen molar-refractivity contribution in [2.45, 2.75) is 26.8 Å². The predicted molar refractivity (Wildman–Crippen MR) is 141 cm³/mol. The molecule has 4 rings (SSSR count). The Bertz CT molecular complexity index is 1460. The monoisotopic (exact) mass is 536 g/mol. The highest BCUT2D eigenvalue weighted by molar-refractivity contribution is 7.17. The van der Waals surface area contributed by atoms with E-state index in [-0.39, 0.29) is 22.2 Å². The maximum atomic E-state index is 13.8. The molecule has 196 valence electrons. The Morgan fingerprint density at radius 1 is 1.21 bits per heavy atom. The fourth-order valence-electron chi connectivity index (χ4n) is 4.13. The number of anilines is 1. The first-order chi connectivity index (χ1) is 18.2. The lowest BCUT2D eigenvalue weighted by Crippen LogP contribution is -2.29. The van der Waals surface area contributed by atoms with Crippen molar-refractivity contribution in [3.8, 4) is 5.75 Å². The van der Waals surface area contributed by atoms with Crippen LogP contribution in [-0.4, -0.2) is 41.0 Å². The summed E-state index contributed by atoms with van der Waals surface area (Å²) >= 11 is 0.880. The molecule has 2 aromatic carbocycles. The molecule has 0 unspecified atom stereocenters. The summed E-state index contributed by atoms with van der Waals surface area (Å²) in [4.78, 5) is 44.8. The first-order valence-corrected chi connectivity index (χ1v) is 12.5. The van der Waals surface area contributed by atoms with E-state index in [9.17, 15) is 23.9 Å². The summed E-state index contributed by atoms with van der Waals surface area (Å²) in [7, 11) is 0. The minimum Gasteiger partial charge on any atom is -0.507 e. The Labute approximate surface area is 222 Å². The van der Waals surface area contributed by atoms with Gasteiger partial charge in [-0.2, -0.15) is 0 Å². The van der Waals surface area contributed by atoms with E-state index in [1.807, 2.05) is 6.92 Å². The number of rotatable bonds is 8. The van der Waals surface area contributed by atoms with E-state index >= 15 is 0 Å². The van der Waals surface area contributed by atoms with Crippen LogP contribution in [-0.2, 0) is 14.3 Å². The van der Waals surface area contributed by atoms with Gasteiger partial charge in [0.25, 0.3) is 5.78 Å². The average Bonchev–Trinajstić information content (AvgIpc) is 3.40. The molecule has 0 bridgehead atoms. The molecule has 1 N–H and O–H groups in total. The van der Waals surface area contributed by atoms with Gasteiger partial charge in [-0.05, 0) is 62.2 Å². The maximum Gasteiger partial charge on any atom is 0.350 e. The summed E-state index contributed by atoms with van der Waals surface area (Å²) in [5.41, 5.74) is 1.52. The van der Waals surface area contributed by atoms with Crippen LogP contribution >= 0.6 is 11.3 Å². The number of nitrogens with zero attached hydrogens (tertiary/aromatic N) is 2. The number of thiazole rings is 1. The Hall–Kier alpha value is -4.31. The molecule has 3 aromatic rings. The quantitative estimate of drug-likeness (QED) is 0.138. The van der Waals surface area contributed by atoms with Crippen molar-refractivity contribution in [1.82, 2.24) is 4.98 Å². The number of carbonyl (C=O) groups is 3. The van der Waals surface area contributed by atoms with Crippen molar-refractivity contribution < 1.29 is 33.4 Å². The molecule has 10 heteroatoms. The number of carbonyl (C=O) groups excluding carboxylic acids is 3. The summed E-state index contributed by atoms with van der Waals surface area (Å²) in [5, 5.41) is 11.4. The standard InChI is InChI=1S/C28H25FN2O6S/c1-5-13-37-27(35)25-16(4)30-28(38-25)31-22(17-7-10-19(29)11-8-17)21(24(33)26(31)34)23(32)18-9-12-20(36-6-2)15(3)14-18/h5,7-12,14,22,32H,1,6,13H2,2-4H3/t22-/m1/s1. The van der Waals surface area contributed by atoms with Crippen molar-refractivity contribution in [2.75, 3.05) is 18.1 Å². The molecular weight excluding hydrogens is 511 g/mol. The van der Waals surface area contributed by atoms with Crippen LogP contribution < -0.4 is 9.64 Å². The van der Waals surface area contributed by atoms with Gasteiger partial charge in [-0.3, -0.25) is 14.5 Å². The Morgan fingerprint density at radius 3 is 2.55 bits per heavy atom. The van der Waals surface area contributed by atoms with Crippen molar-refractivity contribution in [3.63, 3.8) is 0 Å². The van der Waals surface area contributed by atoms with E-state index in [1.165, 1.54) is 30.3 Å². The molecule has 0 aliphatic carbocycles. The van der Waals surface area contributed by atoms with Gasteiger partial charge in [0.15, 0.2) is 5.13 Å². The number of esters is 1. The molecule has 1 fully saturated rings. The van der Waals surface area contributed by atoms with E-state index in [0.717, 1.165) is 21.8 Å². The van der Waals surface area contributed by atoms with Crippen LogP contribution in [0.25, 0.3) is 5.76 Å². The number of ketones is 1. The van der Waals surface area contributed by atoms with Gasteiger partial charge in [0.1, 0.15) is 28.8 Å². The molecule has 1 aliphatic heterocycles. The summed E-state index contributed by atoms with van der Waals surface area (Å²) < 4.78 is 24.4. The summed E-state index contributed by atoms with van der Waals surface area (Å²) in [6, 6.07) is 9.03. The highest BCUT2D eigenvalue weighted by atomic mass is 32.1. The lowest BCUT2D eigenvalue weighted by atomic mass is 9.95. The number of amides is 1. The van der Waals surface area contributed by atoms with Gasteiger partial charge in [0, 0.05) is 5.56 Å². The zero-order valence-corrected chi connectivity index (χ0v) is 21.8. The second-order valence-electron chi connectivity index (χ2n) is 8.43. The molecule has 8 nitrogen and oxygen atoms in total. The third-order valence-corrected chi connectivity index (χ3v) is 7.02. The zero-order valence-electron chi connectivity index (χ0n) is 21.0. The Balaban J connectivity index is 1.87. The molecular formula is C28H25FN2O6S. The molecule has 1 atom stereocenters. The van der Waals surface area contributed by atoms with E-state index in [0.29, 0.717) is 29.2 Å². The van der Waals surface area contributed by atoms with Crippen molar-refractivity contribution >= 4 is 39.9 Å². The first-order valence-electron chi connectivity index (χ1n) is 11.7. The average molecular weight is 537 g/mol. The molecule has 38 heavy (non-hydrogen) atoms. The lowest BCUT2D eigenvalue weighted by molar-refractivity contribution is -0.132. The maximum absolute atomic E-state index is 13.8. The second kappa shape index (κ2) is 11.0. The van der Waals surface area contributed by atoms with Gasteiger partial charge in [-0.1, -0.05) is 36.1 Å². The SMILES string of the molecule is C=CCOC(=O)c1sc(N2C(=O)C(=O)C(=C(O)c3ccc(OCC)c(C)c3)[C@H]2c2ccc(F)cc2)nc1C. The highest BCUT2D eigenvalue weighted by Gasteiger charge is 2.48. The third-order valence-electron chi connectivity index (χ3n) is 5.89. The van der Waals surface area contributed by atoms with Gasteiger partial charge in [0.05, 0.1) is 23.9 Å². The van der Waals surface area contributed by atoms with Gasteiger partial charge in [-0.15, -0.1) is 0 Å². The minimum absolute atomic E-state index is 0.00684. The number of aliphatic hydroxyl groups excluding tert-OH is 1. The van der Waals surface area contributed by atoms with Crippen LogP contribution in [0.1, 0.15) is 45.0 Å². The zero-order chi connectivity index (χ0) is 27.6. The van der Waals surface area contributed by atoms with E-state index in [2.05, 4.69) is 11.6 Å². The first kappa shape index (κ1) is 26.7. The van der Waals surface area contributed by atoms with Crippen molar-refractivity contribution in [1.29, 1.82) is 0 Å². The van der Waals surface area contributed by atoms with Crippen molar-refractivity contribution in [2.24, 2.45) is 0 Å². The van der Waals surface area contributed by atoms with Crippen LogP contribution in [0.15, 0.2) is 60.7 Å². The largest absolute Gasteiger partial charge is 0.507 e. The molecule has 1 aliphatic rings. The third kappa shape index (κ3) is 4.95. The number of halogens is 1. The number of hydrogen-bond donors (Lipinski definition) is 1. The van der Waals surface area contributed by atoms with E-state index in [1.54, 1.807) is 32.0 Å². The summed E-state index contributed by atoms with van der Waals surface area (Å²) in [5.74, 6) is -2.81. The molecule has 1 amide bonds. The van der Waals surface area contributed by atoms with Gasteiger partial charge < -0.3 is 14.6 Å². The Kier molecular flexibility index (Phi) is 7.72. The normalized spacial score (nSPS) is 16.5. The minimum atomic E-state index is -1.12. The van der Waals surface area contributed by atoms with E-state index < -0.39 is 35.3 Å². The Morgan fingerprint density at radius 2 is 1.92 bits per heavy atom. The molecule has 0 saturated carbocycles. The number of Topliss-reactive ketones (excluding diaryl/α,β-unsaturated/α-hetero) is 1. The van der Waals surface area contributed by atoms with Crippen LogP contribution in [0.4, 0.5) is 9.52 Å². The molecule has 1 saturated heterocycles.